The number of carbonyl (C=O) groups is 1. The molecular formula is C12H12BrN5O2. The van der Waals surface area contributed by atoms with Crippen LogP contribution in [0.15, 0.2) is 23.1 Å². The molecule has 0 bridgehead atoms. The Balaban J connectivity index is 1.73. The molecular weight excluding hydrogens is 326 g/mol. The van der Waals surface area contributed by atoms with Crippen molar-refractivity contribution in [2.45, 2.75) is 19.4 Å². The van der Waals surface area contributed by atoms with Crippen molar-refractivity contribution in [2.24, 2.45) is 5.92 Å². The van der Waals surface area contributed by atoms with E-state index in [1.807, 2.05) is 4.57 Å². The zero-order valence-electron chi connectivity index (χ0n) is 10.5. The lowest BCUT2D eigenvalue weighted by Crippen LogP contribution is -2.31. The molecule has 8 heteroatoms. The smallest absolute Gasteiger partial charge is 0.230 e. The quantitative estimate of drug-likeness (QED) is 0.862. The number of rotatable bonds is 2. The molecule has 2 aromatic heterocycles. The zero-order chi connectivity index (χ0) is 14.1. The topological polar surface area (TPSA) is 92.9 Å². The van der Waals surface area contributed by atoms with Gasteiger partial charge >= 0.3 is 0 Å². The first-order valence-corrected chi connectivity index (χ1v) is 6.95. The van der Waals surface area contributed by atoms with Crippen LogP contribution in [0.25, 0.3) is 0 Å². The minimum atomic E-state index is -0.182. The molecule has 2 N–H and O–H groups in total. The van der Waals surface area contributed by atoms with Crippen molar-refractivity contribution in [2.75, 3.05) is 5.32 Å². The number of nitrogens with one attached hydrogen (secondary N) is 1. The summed E-state index contributed by atoms with van der Waals surface area (Å²) >= 11 is 3.19. The number of halogens is 1. The van der Waals surface area contributed by atoms with E-state index in [1.165, 1.54) is 6.20 Å². The van der Waals surface area contributed by atoms with Crippen molar-refractivity contribution in [3.63, 3.8) is 0 Å². The van der Waals surface area contributed by atoms with E-state index in [9.17, 15) is 9.90 Å². The van der Waals surface area contributed by atoms with E-state index in [1.54, 1.807) is 12.4 Å². The van der Waals surface area contributed by atoms with Crippen LogP contribution in [0.1, 0.15) is 12.2 Å². The molecule has 7 nitrogen and oxygen atoms in total. The van der Waals surface area contributed by atoms with Crippen molar-refractivity contribution in [1.82, 2.24) is 19.7 Å². The van der Waals surface area contributed by atoms with Crippen LogP contribution in [0.5, 0.6) is 5.75 Å². The standard InChI is InChI=1S/C12H12BrN5O2/c13-8-3-4-14-11(10(8)19)16-12(20)7-1-2-9-17-15-6-18(9)5-7/h3-4,6-7,19H,1-2,5H2,(H,14,16,20). The van der Waals surface area contributed by atoms with Crippen LogP contribution >= 0.6 is 15.9 Å². The van der Waals surface area contributed by atoms with Gasteiger partial charge in [0.25, 0.3) is 0 Å². The molecule has 3 heterocycles. The van der Waals surface area contributed by atoms with Crippen molar-refractivity contribution in [1.29, 1.82) is 0 Å². The molecule has 1 unspecified atom stereocenters. The first-order valence-electron chi connectivity index (χ1n) is 6.16. The zero-order valence-corrected chi connectivity index (χ0v) is 12.0. The van der Waals surface area contributed by atoms with Crippen LogP contribution in [-0.2, 0) is 17.8 Å². The highest BCUT2D eigenvalue weighted by molar-refractivity contribution is 9.10. The lowest BCUT2D eigenvalue weighted by Gasteiger charge is -2.22. The van der Waals surface area contributed by atoms with Crippen molar-refractivity contribution in [3.8, 4) is 5.75 Å². The predicted molar refractivity (Wildman–Crippen MR) is 74.1 cm³/mol. The third-order valence-corrected chi connectivity index (χ3v) is 3.96. The molecule has 1 atom stereocenters. The van der Waals surface area contributed by atoms with Gasteiger partial charge in [-0.3, -0.25) is 4.79 Å². The Hall–Kier alpha value is -1.96. The molecule has 104 valence electrons. The number of aromatic nitrogens is 4. The molecule has 1 aliphatic heterocycles. The van der Waals surface area contributed by atoms with Crippen LogP contribution < -0.4 is 5.32 Å². The fourth-order valence-electron chi connectivity index (χ4n) is 2.21. The molecule has 0 aliphatic carbocycles. The first-order chi connectivity index (χ1) is 9.65. The number of aryl methyl sites for hydroxylation is 1. The number of nitrogens with zero attached hydrogens (tertiary/aromatic N) is 4. The fraction of sp³-hybridized carbons (Fsp3) is 0.333. The Morgan fingerprint density at radius 2 is 2.40 bits per heavy atom. The predicted octanol–water partition coefficient (Wildman–Crippen LogP) is 1.34. The molecule has 0 aromatic carbocycles. The fourth-order valence-corrected chi connectivity index (χ4v) is 2.52. The summed E-state index contributed by atoms with van der Waals surface area (Å²) in [5.41, 5.74) is 0. The van der Waals surface area contributed by atoms with Gasteiger partial charge in [-0.25, -0.2) is 4.98 Å². The maximum Gasteiger partial charge on any atom is 0.230 e. The maximum atomic E-state index is 12.2. The monoisotopic (exact) mass is 337 g/mol. The highest BCUT2D eigenvalue weighted by Gasteiger charge is 2.26. The number of amides is 1. The minimum Gasteiger partial charge on any atom is -0.503 e. The van der Waals surface area contributed by atoms with Gasteiger partial charge in [0.1, 0.15) is 12.2 Å². The molecule has 2 aromatic rings. The Morgan fingerprint density at radius 3 is 3.25 bits per heavy atom. The van der Waals surface area contributed by atoms with Gasteiger partial charge < -0.3 is 15.0 Å². The molecule has 1 amide bonds. The number of anilines is 1. The highest BCUT2D eigenvalue weighted by Crippen LogP contribution is 2.30. The van der Waals surface area contributed by atoms with Crippen LogP contribution in [0.3, 0.4) is 0 Å². The number of aromatic hydroxyl groups is 1. The first kappa shape index (κ1) is 13.0. The van der Waals surface area contributed by atoms with Gasteiger partial charge in [-0.05, 0) is 28.4 Å². The van der Waals surface area contributed by atoms with Crippen LogP contribution in [0.4, 0.5) is 5.82 Å². The number of hydrogen-bond acceptors (Lipinski definition) is 5. The van der Waals surface area contributed by atoms with Gasteiger partial charge in [-0.15, -0.1) is 10.2 Å². The van der Waals surface area contributed by atoms with Crippen LogP contribution in [0.2, 0.25) is 0 Å². The van der Waals surface area contributed by atoms with E-state index in [2.05, 4.69) is 36.4 Å². The summed E-state index contributed by atoms with van der Waals surface area (Å²) in [6.45, 7) is 0.545. The number of hydrogen-bond donors (Lipinski definition) is 2. The van der Waals surface area contributed by atoms with E-state index >= 15 is 0 Å². The summed E-state index contributed by atoms with van der Waals surface area (Å²) in [5, 5.41) is 20.3. The van der Waals surface area contributed by atoms with E-state index in [0.717, 1.165) is 12.2 Å². The molecule has 0 spiro atoms. The lowest BCUT2D eigenvalue weighted by atomic mass is 9.98. The van der Waals surface area contributed by atoms with Gasteiger partial charge in [0, 0.05) is 19.2 Å². The number of pyridine rings is 1. The van der Waals surface area contributed by atoms with Gasteiger partial charge in [-0.2, -0.15) is 0 Å². The third-order valence-electron chi connectivity index (χ3n) is 3.32. The maximum absolute atomic E-state index is 12.2. The molecule has 0 radical (unpaired) electrons. The SMILES string of the molecule is O=C(Nc1nccc(Br)c1O)C1CCc2nncn2C1. The molecule has 0 fully saturated rings. The second-order valence-corrected chi connectivity index (χ2v) is 5.47. The molecule has 1 aliphatic rings. The second kappa shape index (κ2) is 5.20. The Labute approximate surface area is 123 Å². The normalized spacial score (nSPS) is 17.6. The van der Waals surface area contributed by atoms with Crippen molar-refractivity contribution < 1.29 is 9.90 Å². The molecule has 0 saturated heterocycles. The van der Waals surface area contributed by atoms with E-state index in [4.69, 9.17) is 0 Å². The van der Waals surface area contributed by atoms with Crippen LogP contribution in [-0.4, -0.2) is 30.8 Å². The van der Waals surface area contributed by atoms with Gasteiger partial charge in [-0.1, -0.05) is 0 Å². The highest BCUT2D eigenvalue weighted by atomic mass is 79.9. The average molecular weight is 338 g/mol. The summed E-state index contributed by atoms with van der Waals surface area (Å²) in [4.78, 5) is 16.2. The largest absolute Gasteiger partial charge is 0.503 e. The second-order valence-electron chi connectivity index (χ2n) is 4.61. The molecule has 0 saturated carbocycles. The number of carbonyl (C=O) groups excluding carboxylic acids is 1. The molecule has 3 rings (SSSR count). The Bertz CT molecular complexity index is 657. The van der Waals surface area contributed by atoms with E-state index in [-0.39, 0.29) is 23.4 Å². The summed E-state index contributed by atoms with van der Waals surface area (Å²) in [5.74, 6) is 0.655. The Kier molecular flexibility index (Phi) is 3.39. The Morgan fingerprint density at radius 1 is 1.55 bits per heavy atom. The van der Waals surface area contributed by atoms with Gasteiger partial charge in [0.15, 0.2) is 11.6 Å². The van der Waals surface area contributed by atoms with E-state index in [0.29, 0.717) is 17.4 Å². The summed E-state index contributed by atoms with van der Waals surface area (Å²) in [6.07, 6.45) is 4.57. The molecule has 20 heavy (non-hydrogen) atoms. The third kappa shape index (κ3) is 2.38. The summed E-state index contributed by atoms with van der Waals surface area (Å²) in [7, 11) is 0. The van der Waals surface area contributed by atoms with Crippen molar-refractivity contribution in [3.05, 3.63) is 28.9 Å². The van der Waals surface area contributed by atoms with Crippen LogP contribution in [0, 0.1) is 5.92 Å². The van der Waals surface area contributed by atoms with Gasteiger partial charge in [0.2, 0.25) is 5.91 Å². The average Bonchev–Trinajstić information content (AvgIpc) is 2.91. The van der Waals surface area contributed by atoms with E-state index < -0.39 is 0 Å². The summed E-state index contributed by atoms with van der Waals surface area (Å²) in [6, 6.07) is 1.61. The lowest BCUT2D eigenvalue weighted by molar-refractivity contribution is -0.120. The van der Waals surface area contributed by atoms with Crippen molar-refractivity contribution >= 4 is 27.7 Å². The summed E-state index contributed by atoms with van der Waals surface area (Å²) < 4.78 is 2.37. The van der Waals surface area contributed by atoms with Gasteiger partial charge in [0.05, 0.1) is 10.4 Å². The number of fused-ring (bicyclic) bond motifs is 1. The minimum absolute atomic E-state index is 0.0679.